The molecule has 1 aromatic carbocycles. The first-order valence-corrected chi connectivity index (χ1v) is 12.1. The summed E-state index contributed by atoms with van der Waals surface area (Å²) in [6.45, 7) is 5.21. The van der Waals surface area contributed by atoms with E-state index in [1.807, 2.05) is 50.0 Å². The van der Waals surface area contributed by atoms with Gasteiger partial charge in [0, 0.05) is 43.2 Å². The minimum absolute atomic E-state index is 0.00488. The number of aromatic amines is 1. The van der Waals surface area contributed by atoms with Gasteiger partial charge in [-0.1, -0.05) is 18.2 Å². The largest absolute Gasteiger partial charge is 0.481 e. The van der Waals surface area contributed by atoms with Crippen molar-refractivity contribution in [3.63, 3.8) is 0 Å². The first-order chi connectivity index (χ1) is 17.2. The van der Waals surface area contributed by atoms with Crippen LogP contribution in [0.4, 0.5) is 16.0 Å². The van der Waals surface area contributed by atoms with E-state index in [0.717, 1.165) is 22.2 Å². The van der Waals surface area contributed by atoms with Crippen LogP contribution in [0, 0.1) is 18.2 Å². The first kappa shape index (κ1) is 23.9. The number of likely N-dealkylation sites (tertiary alicyclic amines) is 1. The van der Waals surface area contributed by atoms with E-state index in [9.17, 15) is 14.3 Å². The van der Waals surface area contributed by atoms with Gasteiger partial charge < -0.3 is 10.4 Å². The van der Waals surface area contributed by atoms with Gasteiger partial charge in [0.05, 0.1) is 22.8 Å². The molecule has 10 heteroatoms. The number of nitrogens with one attached hydrogen (secondary N) is 2. The molecular formula is C26H30FN7O2. The summed E-state index contributed by atoms with van der Waals surface area (Å²) in [6, 6.07) is 10.8. The molecular weight excluding hydrogens is 461 g/mol. The maximum Gasteiger partial charge on any atom is 0.310 e. The maximum atomic E-state index is 14.8. The first-order valence-electron chi connectivity index (χ1n) is 12.1. The Bertz CT molecular complexity index is 1410. The number of rotatable bonds is 7. The van der Waals surface area contributed by atoms with Gasteiger partial charge in [-0.2, -0.15) is 10.2 Å². The SMILES string of the molecule is Cc1cc(Nc2ccc(F)c(C[C@@]3(C(=O)O)CCN(Cc4cccc5cnn(C)c45)[C@H](C)C3)n2)n[nH]1. The number of carboxylic acids is 1. The van der Waals surface area contributed by atoms with Crippen molar-refractivity contribution in [1.82, 2.24) is 29.9 Å². The summed E-state index contributed by atoms with van der Waals surface area (Å²) in [4.78, 5) is 19.3. The lowest BCUT2D eigenvalue weighted by Crippen LogP contribution is -2.49. The highest BCUT2D eigenvalue weighted by atomic mass is 19.1. The standard InChI is InChI=1S/C26H30FN7O2/c1-16-11-23(32-31-16)30-22-8-7-20(27)21(29-22)13-26(25(35)36)9-10-34(17(2)12-26)15-19-6-4-5-18-14-28-33(3)24(18)19/h4-8,11,14,17H,9-10,12-13,15H2,1-3H3,(H,35,36)(H2,29,30,31,32)/t17-,26-/m1/s1. The van der Waals surface area contributed by atoms with E-state index in [-0.39, 0.29) is 18.2 Å². The fraction of sp³-hybridized carbons (Fsp3) is 0.385. The molecule has 0 aliphatic carbocycles. The predicted octanol–water partition coefficient (Wildman–Crippen LogP) is 4.18. The van der Waals surface area contributed by atoms with Crippen LogP contribution in [0.2, 0.25) is 0 Å². The number of aliphatic carboxylic acids is 1. The van der Waals surface area contributed by atoms with Gasteiger partial charge in [-0.05, 0) is 50.9 Å². The zero-order valence-corrected chi connectivity index (χ0v) is 20.6. The average molecular weight is 492 g/mol. The van der Waals surface area contributed by atoms with Crippen LogP contribution in [0.1, 0.15) is 36.7 Å². The van der Waals surface area contributed by atoms with E-state index in [1.54, 1.807) is 0 Å². The number of hydrogen-bond donors (Lipinski definition) is 3. The second kappa shape index (κ2) is 9.34. The number of pyridine rings is 1. The van der Waals surface area contributed by atoms with Crippen LogP contribution in [-0.2, 0) is 24.8 Å². The Kier molecular flexibility index (Phi) is 6.21. The molecule has 188 valence electrons. The van der Waals surface area contributed by atoms with E-state index >= 15 is 0 Å². The summed E-state index contributed by atoms with van der Waals surface area (Å²) in [7, 11) is 1.93. The minimum Gasteiger partial charge on any atom is -0.481 e. The molecule has 0 saturated carbocycles. The van der Waals surface area contributed by atoms with Gasteiger partial charge >= 0.3 is 5.97 Å². The lowest BCUT2D eigenvalue weighted by molar-refractivity contribution is -0.153. The molecule has 4 aromatic rings. The van der Waals surface area contributed by atoms with Gasteiger partial charge in [-0.25, -0.2) is 9.37 Å². The molecule has 36 heavy (non-hydrogen) atoms. The molecule has 1 saturated heterocycles. The molecule has 0 spiro atoms. The second-order valence-electron chi connectivity index (χ2n) is 9.85. The van der Waals surface area contributed by atoms with Crippen molar-refractivity contribution in [2.45, 2.75) is 45.7 Å². The Morgan fingerprint density at radius 2 is 2.14 bits per heavy atom. The van der Waals surface area contributed by atoms with Crippen molar-refractivity contribution >= 4 is 28.5 Å². The molecule has 0 unspecified atom stereocenters. The molecule has 0 amide bonds. The maximum absolute atomic E-state index is 14.8. The number of carboxylic acid groups (broad SMARTS) is 1. The summed E-state index contributed by atoms with van der Waals surface area (Å²) in [5.74, 6) is -0.424. The summed E-state index contributed by atoms with van der Waals surface area (Å²) in [5.41, 5.74) is 2.17. The Morgan fingerprint density at radius 3 is 2.86 bits per heavy atom. The molecule has 0 bridgehead atoms. The zero-order chi connectivity index (χ0) is 25.4. The number of halogens is 1. The number of aromatic nitrogens is 5. The normalized spacial score (nSPS) is 20.6. The number of aryl methyl sites for hydroxylation is 2. The number of benzene rings is 1. The van der Waals surface area contributed by atoms with Crippen molar-refractivity contribution in [3.05, 3.63) is 65.4 Å². The lowest BCUT2D eigenvalue weighted by Gasteiger charge is -2.43. The molecule has 2 atom stereocenters. The summed E-state index contributed by atoms with van der Waals surface area (Å²) in [5, 5.41) is 25.7. The van der Waals surface area contributed by atoms with Gasteiger partial charge in [-0.3, -0.25) is 19.5 Å². The van der Waals surface area contributed by atoms with E-state index < -0.39 is 17.2 Å². The van der Waals surface area contributed by atoms with Crippen LogP contribution in [-0.4, -0.2) is 53.5 Å². The lowest BCUT2D eigenvalue weighted by atomic mass is 9.72. The predicted molar refractivity (Wildman–Crippen MR) is 134 cm³/mol. The van der Waals surface area contributed by atoms with Crippen molar-refractivity contribution in [2.24, 2.45) is 12.5 Å². The third-order valence-corrected chi connectivity index (χ3v) is 7.25. The average Bonchev–Trinajstić information content (AvgIpc) is 3.43. The summed E-state index contributed by atoms with van der Waals surface area (Å²) in [6.07, 6.45) is 2.69. The van der Waals surface area contributed by atoms with E-state index in [2.05, 4.69) is 36.6 Å². The highest BCUT2D eigenvalue weighted by molar-refractivity contribution is 5.82. The van der Waals surface area contributed by atoms with Gasteiger partial charge in [0.25, 0.3) is 0 Å². The summed E-state index contributed by atoms with van der Waals surface area (Å²) >= 11 is 0. The Morgan fingerprint density at radius 1 is 1.31 bits per heavy atom. The van der Waals surface area contributed by atoms with Gasteiger partial charge in [-0.15, -0.1) is 0 Å². The zero-order valence-electron chi connectivity index (χ0n) is 20.6. The van der Waals surface area contributed by atoms with E-state index in [1.165, 1.54) is 12.1 Å². The molecule has 4 heterocycles. The second-order valence-corrected chi connectivity index (χ2v) is 9.85. The highest BCUT2D eigenvalue weighted by Crippen LogP contribution is 2.39. The molecule has 9 nitrogen and oxygen atoms in total. The smallest absolute Gasteiger partial charge is 0.310 e. The van der Waals surface area contributed by atoms with Gasteiger partial charge in [0.15, 0.2) is 5.82 Å². The van der Waals surface area contributed by atoms with Crippen molar-refractivity contribution < 1.29 is 14.3 Å². The third kappa shape index (κ3) is 4.56. The number of carbonyl (C=O) groups is 1. The van der Waals surface area contributed by atoms with Crippen LogP contribution in [0.15, 0.2) is 42.6 Å². The van der Waals surface area contributed by atoms with Gasteiger partial charge in [0.2, 0.25) is 0 Å². The molecule has 1 aliphatic heterocycles. The number of hydrogen-bond acceptors (Lipinski definition) is 6. The monoisotopic (exact) mass is 491 g/mol. The number of H-pyrrole nitrogens is 1. The molecule has 5 rings (SSSR count). The van der Waals surface area contributed by atoms with Crippen molar-refractivity contribution in [2.75, 3.05) is 11.9 Å². The number of fused-ring (bicyclic) bond motifs is 1. The summed E-state index contributed by atoms with van der Waals surface area (Å²) < 4.78 is 16.7. The van der Waals surface area contributed by atoms with E-state index in [4.69, 9.17) is 0 Å². The van der Waals surface area contributed by atoms with Crippen LogP contribution in [0.25, 0.3) is 10.9 Å². The van der Waals surface area contributed by atoms with Crippen LogP contribution < -0.4 is 5.32 Å². The Balaban J connectivity index is 1.34. The molecule has 3 N–H and O–H groups in total. The topological polar surface area (TPSA) is 112 Å². The molecule has 0 radical (unpaired) electrons. The Labute approximate surface area is 208 Å². The van der Waals surface area contributed by atoms with Gasteiger partial charge in [0.1, 0.15) is 11.6 Å². The molecule has 3 aromatic heterocycles. The van der Waals surface area contributed by atoms with E-state index in [0.29, 0.717) is 37.6 Å². The fourth-order valence-corrected chi connectivity index (χ4v) is 5.31. The van der Waals surface area contributed by atoms with Crippen LogP contribution in [0.5, 0.6) is 0 Å². The number of para-hydroxylation sites is 1. The fourth-order valence-electron chi connectivity index (χ4n) is 5.31. The number of piperidine rings is 1. The number of nitrogens with zero attached hydrogens (tertiary/aromatic N) is 5. The van der Waals surface area contributed by atoms with Crippen molar-refractivity contribution in [3.8, 4) is 0 Å². The third-order valence-electron chi connectivity index (χ3n) is 7.25. The van der Waals surface area contributed by atoms with Crippen LogP contribution in [0.3, 0.4) is 0 Å². The number of anilines is 2. The molecule has 1 fully saturated rings. The highest BCUT2D eigenvalue weighted by Gasteiger charge is 2.45. The quantitative estimate of drug-likeness (QED) is 0.356. The van der Waals surface area contributed by atoms with Crippen LogP contribution >= 0.6 is 0 Å². The Hall–Kier alpha value is -3.79. The minimum atomic E-state index is -1.09. The molecule has 1 aliphatic rings. The van der Waals surface area contributed by atoms with Crippen molar-refractivity contribution in [1.29, 1.82) is 0 Å².